The van der Waals surface area contributed by atoms with Gasteiger partial charge in [0.1, 0.15) is 5.03 Å². The summed E-state index contributed by atoms with van der Waals surface area (Å²) in [6.45, 7) is 8.16. The number of aryl methyl sites for hydroxylation is 4. The first kappa shape index (κ1) is 24.2. The molecular weight excluding hydrogens is 474 g/mol. The summed E-state index contributed by atoms with van der Waals surface area (Å²) >= 11 is 3.09. The van der Waals surface area contributed by atoms with Crippen LogP contribution >= 0.6 is 23.5 Å². The van der Waals surface area contributed by atoms with Gasteiger partial charge in [-0.2, -0.15) is 0 Å². The summed E-state index contributed by atoms with van der Waals surface area (Å²) in [4.78, 5) is 31.7. The zero-order valence-electron chi connectivity index (χ0n) is 20.7. The number of thioether (sulfide) groups is 2. The SMILES string of the molecule is Cc1cc(C)cc(NC(=O)CSc2nc3c(c(=O)n2-c2ccc(C)c(C)c2)[C@@H]2CCCC[C@@H]2S3)c1. The molecule has 2 atom stereocenters. The van der Waals surface area contributed by atoms with Gasteiger partial charge in [-0.1, -0.05) is 36.7 Å². The van der Waals surface area contributed by atoms with Crippen LogP contribution in [0.15, 0.2) is 51.4 Å². The van der Waals surface area contributed by atoms with E-state index in [4.69, 9.17) is 4.98 Å². The second-order valence-corrected chi connectivity index (χ2v) is 12.0. The van der Waals surface area contributed by atoms with Crippen LogP contribution < -0.4 is 10.9 Å². The van der Waals surface area contributed by atoms with Gasteiger partial charge in [-0.15, -0.1) is 11.8 Å². The van der Waals surface area contributed by atoms with Gasteiger partial charge in [-0.05, 0) is 87.1 Å². The molecule has 2 heterocycles. The summed E-state index contributed by atoms with van der Waals surface area (Å²) in [5.74, 6) is 0.358. The molecule has 1 aliphatic carbocycles. The highest BCUT2D eigenvalue weighted by molar-refractivity contribution is 8.00. The first-order valence-electron chi connectivity index (χ1n) is 12.2. The summed E-state index contributed by atoms with van der Waals surface area (Å²) < 4.78 is 1.73. The molecule has 1 amide bonds. The van der Waals surface area contributed by atoms with E-state index in [1.807, 2.05) is 44.2 Å². The van der Waals surface area contributed by atoms with Gasteiger partial charge in [0.15, 0.2) is 5.16 Å². The Morgan fingerprint density at radius 2 is 1.80 bits per heavy atom. The minimum absolute atomic E-state index is 0.0253. The molecule has 0 unspecified atom stereocenters. The number of rotatable bonds is 5. The highest BCUT2D eigenvalue weighted by atomic mass is 32.2. The first-order valence-corrected chi connectivity index (χ1v) is 14.1. The van der Waals surface area contributed by atoms with Crippen LogP contribution in [0.1, 0.15) is 59.4 Å². The van der Waals surface area contributed by atoms with Gasteiger partial charge < -0.3 is 5.32 Å². The Balaban J connectivity index is 1.48. The van der Waals surface area contributed by atoms with Gasteiger partial charge in [0, 0.05) is 16.9 Å². The second-order valence-electron chi connectivity index (χ2n) is 9.78. The molecule has 0 spiro atoms. The van der Waals surface area contributed by atoms with Crippen molar-refractivity contribution in [3.63, 3.8) is 0 Å². The molecule has 182 valence electrons. The van der Waals surface area contributed by atoms with Crippen molar-refractivity contribution >= 4 is 35.1 Å². The van der Waals surface area contributed by atoms with Gasteiger partial charge in [0.2, 0.25) is 5.91 Å². The lowest BCUT2D eigenvalue weighted by molar-refractivity contribution is -0.113. The lowest BCUT2D eigenvalue weighted by atomic mass is 9.85. The smallest absolute Gasteiger partial charge is 0.263 e. The molecule has 5 rings (SSSR count). The molecule has 7 heteroatoms. The molecule has 2 aromatic carbocycles. The van der Waals surface area contributed by atoms with E-state index in [1.54, 1.807) is 16.3 Å². The quantitative estimate of drug-likeness (QED) is 0.249. The molecule has 5 nitrogen and oxygen atoms in total. The van der Waals surface area contributed by atoms with Crippen molar-refractivity contribution in [3.8, 4) is 5.69 Å². The van der Waals surface area contributed by atoms with Crippen molar-refractivity contribution in [2.75, 3.05) is 11.1 Å². The van der Waals surface area contributed by atoms with Gasteiger partial charge in [0.25, 0.3) is 5.56 Å². The van der Waals surface area contributed by atoms with Gasteiger partial charge in [-0.3, -0.25) is 14.2 Å². The van der Waals surface area contributed by atoms with Crippen LogP contribution in [0.5, 0.6) is 0 Å². The molecule has 3 aromatic rings. The summed E-state index contributed by atoms with van der Waals surface area (Å²) in [5, 5.41) is 4.89. The van der Waals surface area contributed by atoms with Crippen molar-refractivity contribution in [2.24, 2.45) is 0 Å². The predicted octanol–water partition coefficient (Wildman–Crippen LogP) is 6.33. The number of nitrogens with one attached hydrogen (secondary N) is 1. The standard InChI is InChI=1S/C28H31N3O2S2/c1-16-11-17(2)13-20(12-16)29-24(32)15-34-28-30-26-25(22-7-5-6-8-23(22)35-26)27(33)31(28)21-10-9-18(3)19(4)14-21/h9-14,22-23H,5-8,15H2,1-4H3,(H,29,32)/t22-,23+/m1/s1. The highest BCUT2D eigenvalue weighted by Gasteiger charge is 2.39. The second kappa shape index (κ2) is 9.86. The van der Waals surface area contributed by atoms with Crippen LogP contribution in [0.25, 0.3) is 5.69 Å². The average Bonchev–Trinajstić information content (AvgIpc) is 3.18. The maximum atomic E-state index is 13.9. The van der Waals surface area contributed by atoms with Gasteiger partial charge >= 0.3 is 0 Å². The number of hydrogen-bond donors (Lipinski definition) is 1. The number of benzene rings is 2. The Hall–Kier alpha value is -2.51. The lowest BCUT2D eigenvalue weighted by Crippen LogP contribution is -2.29. The third kappa shape index (κ3) is 4.94. The summed E-state index contributed by atoms with van der Waals surface area (Å²) in [6.07, 6.45) is 4.57. The predicted molar refractivity (Wildman–Crippen MR) is 145 cm³/mol. The molecule has 35 heavy (non-hydrogen) atoms. The Labute approximate surface area is 215 Å². The van der Waals surface area contributed by atoms with E-state index >= 15 is 0 Å². The molecule has 1 aromatic heterocycles. The Kier molecular flexibility index (Phi) is 6.82. The maximum Gasteiger partial charge on any atom is 0.263 e. The number of fused-ring (bicyclic) bond motifs is 3. The van der Waals surface area contributed by atoms with E-state index in [-0.39, 0.29) is 23.1 Å². The van der Waals surface area contributed by atoms with Crippen LogP contribution in [0.3, 0.4) is 0 Å². The monoisotopic (exact) mass is 505 g/mol. The molecule has 0 saturated heterocycles. The summed E-state index contributed by atoms with van der Waals surface area (Å²) in [6, 6.07) is 12.1. The average molecular weight is 506 g/mol. The normalized spacial score (nSPS) is 18.7. The van der Waals surface area contributed by atoms with Crippen molar-refractivity contribution in [2.45, 2.75) is 74.7 Å². The molecule has 1 fully saturated rings. The lowest BCUT2D eigenvalue weighted by Gasteiger charge is -2.24. The zero-order chi connectivity index (χ0) is 24.7. The zero-order valence-corrected chi connectivity index (χ0v) is 22.3. The van der Waals surface area contributed by atoms with E-state index in [0.29, 0.717) is 10.4 Å². The number of aromatic nitrogens is 2. The molecule has 1 aliphatic heterocycles. The number of carbonyl (C=O) groups excluding carboxylic acids is 1. The number of hydrogen-bond acceptors (Lipinski definition) is 5. The number of anilines is 1. The summed E-state index contributed by atoms with van der Waals surface area (Å²) in [7, 11) is 0. The van der Waals surface area contributed by atoms with E-state index in [0.717, 1.165) is 51.5 Å². The fourth-order valence-corrected chi connectivity index (χ4v) is 7.55. The van der Waals surface area contributed by atoms with Crippen LogP contribution in [-0.2, 0) is 4.79 Å². The largest absolute Gasteiger partial charge is 0.325 e. The Bertz CT molecular complexity index is 1340. The Morgan fingerprint density at radius 3 is 2.54 bits per heavy atom. The van der Waals surface area contributed by atoms with Crippen LogP contribution in [0.2, 0.25) is 0 Å². The Morgan fingerprint density at radius 1 is 1.06 bits per heavy atom. The minimum Gasteiger partial charge on any atom is -0.325 e. The third-order valence-corrected chi connectivity index (χ3v) is 9.32. The molecule has 1 N–H and O–H groups in total. The fraction of sp³-hybridized carbons (Fsp3) is 0.393. The topological polar surface area (TPSA) is 64.0 Å². The first-order chi connectivity index (χ1) is 16.8. The van der Waals surface area contributed by atoms with E-state index < -0.39 is 0 Å². The molecule has 0 bridgehead atoms. The van der Waals surface area contributed by atoms with Crippen LogP contribution in [0, 0.1) is 27.7 Å². The third-order valence-electron chi connectivity index (χ3n) is 6.98. The number of nitrogens with zero attached hydrogens (tertiary/aromatic N) is 2. The van der Waals surface area contributed by atoms with Crippen molar-refractivity contribution in [1.29, 1.82) is 0 Å². The van der Waals surface area contributed by atoms with E-state index in [1.165, 1.54) is 30.2 Å². The van der Waals surface area contributed by atoms with E-state index in [2.05, 4.69) is 25.2 Å². The molecule has 0 radical (unpaired) electrons. The number of amides is 1. The van der Waals surface area contributed by atoms with E-state index in [9.17, 15) is 9.59 Å². The minimum atomic E-state index is -0.109. The maximum absolute atomic E-state index is 13.9. The van der Waals surface area contributed by atoms with Crippen LogP contribution in [0.4, 0.5) is 5.69 Å². The van der Waals surface area contributed by atoms with Crippen molar-refractivity contribution in [3.05, 3.63) is 74.6 Å². The van der Waals surface area contributed by atoms with Gasteiger partial charge in [-0.25, -0.2) is 4.98 Å². The van der Waals surface area contributed by atoms with Crippen LogP contribution in [-0.4, -0.2) is 26.5 Å². The summed E-state index contributed by atoms with van der Waals surface area (Å²) in [5.41, 5.74) is 7.03. The molecule has 2 aliphatic rings. The van der Waals surface area contributed by atoms with Gasteiger partial charge in [0.05, 0.1) is 17.0 Å². The number of carbonyl (C=O) groups is 1. The van der Waals surface area contributed by atoms with Crippen molar-refractivity contribution in [1.82, 2.24) is 9.55 Å². The van der Waals surface area contributed by atoms with Crippen molar-refractivity contribution < 1.29 is 4.79 Å². The fourth-order valence-electron chi connectivity index (χ4n) is 5.18. The highest BCUT2D eigenvalue weighted by Crippen LogP contribution is 2.50. The molecule has 1 saturated carbocycles. The molecular formula is C28H31N3O2S2.